The number of rotatable bonds is 3. The number of anilines is 1. The van der Waals surface area contributed by atoms with E-state index in [9.17, 15) is 4.79 Å². The molecule has 2 aromatic rings. The minimum Gasteiger partial charge on any atom is -0.398 e. The van der Waals surface area contributed by atoms with E-state index in [2.05, 4.69) is 5.10 Å². The monoisotopic (exact) mass is 277 g/mol. The number of nitrogens with two attached hydrogens (primary N) is 1. The van der Waals surface area contributed by atoms with Crippen LogP contribution in [0.1, 0.15) is 41.5 Å². The highest BCUT2D eigenvalue weighted by Gasteiger charge is 2.22. The topological polar surface area (TPSA) is 60.9 Å². The van der Waals surface area contributed by atoms with E-state index in [1.54, 1.807) is 22.9 Å². The average Bonchev–Trinajstić information content (AvgIpc) is 2.74. The fourth-order valence-corrected chi connectivity index (χ4v) is 2.19. The highest BCUT2D eigenvalue weighted by molar-refractivity contribution is 6.34. The zero-order chi connectivity index (χ0) is 14.2. The average molecular weight is 278 g/mol. The summed E-state index contributed by atoms with van der Waals surface area (Å²) in [5.74, 6) is -0.152. The highest BCUT2D eigenvalue weighted by Crippen LogP contribution is 2.25. The number of hydrogen-bond donors (Lipinski definition) is 1. The molecule has 0 atom stereocenters. The third kappa shape index (κ3) is 2.36. The van der Waals surface area contributed by atoms with Crippen molar-refractivity contribution in [2.75, 3.05) is 5.73 Å². The molecule has 2 rings (SSSR count). The summed E-state index contributed by atoms with van der Waals surface area (Å²) in [6.07, 6.45) is 1.50. The van der Waals surface area contributed by atoms with E-state index in [1.807, 2.05) is 20.8 Å². The van der Waals surface area contributed by atoms with Crippen LogP contribution >= 0.6 is 11.6 Å². The van der Waals surface area contributed by atoms with E-state index in [0.717, 1.165) is 5.56 Å². The molecule has 1 heterocycles. The van der Waals surface area contributed by atoms with Gasteiger partial charge in [-0.15, -0.1) is 0 Å². The van der Waals surface area contributed by atoms with E-state index < -0.39 is 0 Å². The molecule has 0 fully saturated rings. The summed E-state index contributed by atoms with van der Waals surface area (Å²) < 4.78 is 1.63. The summed E-state index contributed by atoms with van der Waals surface area (Å²) >= 11 is 6.09. The zero-order valence-electron chi connectivity index (χ0n) is 11.1. The number of benzene rings is 1. The van der Waals surface area contributed by atoms with E-state index >= 15 is 0 Å². The second-order valence-electron chi connectivity index (χ2n) is 4.73. The first kappa shape index (κ1) is 13.6. The van der Waals surface area contributed by atoms with Crippen LogP contribution in [0.2, 0.25) is 5.02 Å². The van der Waals surface area contributed by atoms with Crippen molar-refractivity contribution in [2.45, 2.75) is 26.8 Å². The Kier molecular flexibility index (Phi) is 3.62. The number of hydrogen-bond acceptors (Lipinski definition) is 3. The molecule has 1 aromatic carbocycles. The Hall–Kier alpha value is -1.81. The maximum Gasteiger partial charge on any atom is 0.212 e. The van der Waals surface area contributed by atoms with E-state index in [-0.39, 0.29) is 11.8 Å². The summed E-state index contributed by atoms with van der Waals surface area (Å²) in [5, 5.41) is 4.51. The smallest absolute Gasteiger partial charge is 0.212 e. The molecule has 100 valence electrons. The van der Waals surface area contributed by atoms with Crippen molar-refractivity contribution in [3.63, 3.8) is 0 Å². The zero-order valence-corrected chi connectivity index (χ0v) is 11.9. The van der Waals surface area contributed by atoms with Crippen molar-refractivity contribution >= 4 is 23.1 Å². The molecule has 0 aliphatic rings. The first-order valence-corrected chi connectivity index (χ1v) is 6.44. The third-order valence-corrected chi connectivity index (χ3v) is 3.35. The summed E-state index contributed by atoms with van der Waals surface area (Å²) in [7, 11) is 0. The molecule has 0 bridgehead atoms. The first-order valence-electron chi connectivity index (χ1n) is 6.06. The van der Waals surface area contributed by atoms with Gasteiger partial charge in [0.2, 0.25) is 5.78 Å². The van der Waals surface area contributed by atoms with Gasteiger partial charge in [-0.25, -0.2) is 0 Å². The molecule has 0 spiro atoms. The predicted octanol–water partition coefficient (Wildman–Crippen LogP) is 3.24. The van der Waals surface area contributed by atoms with Crippen molar-refractivity contribution in [1.82, 2.24) is 9.78 Å². The van der Waals surface area contributed by atoms with Crippen molar-refractivity contribution in [3.8, 4) is 0 Å². The number of carbonyl (C=O) groups excluding carboxylic acids is 1. The Bertz CT molecular complexity index is 632. The largest absolute Gasteiger partial charge is 0.398 e. The van der Waals surface area contributed by atoms with Crippen molar-refractivity contribution in [1.29, 1.82) is 0 Å². The van der Waals surface area contributed by atoms with Crippen LogP contribution in [0.15, 0.2) is 24.4 Å². The van der Waals surface area contributed by atoms with Crippen LogP contribution in [-0.4, -0.2) is 15.6 Å². The van der Waals surface area contributed by atoms with Crippen LogP contribution in [0.3, 0.4) is 0 Å². The van der Waals surface area contributed by atoms with Crippen molar-refractivity contribution in [2.24, 2.45) is 0 Å². The number of halogens is 1. The van der Waals surface area contributed by atoms with Crippen LogP contribution in [0, 0.1) is 6.92 Å². The lowest BCUT2D eigenvalue weighted by molar-refractivity contribution is 0.102. The number of ketones is 1. The molecule has 0 radical (unpaired) electrons. The second kappa shape index (κ2) is 5.05. The van der Waals surface area contributed by atoms with Crippen LogP contribution in [0.4, 0.5) is 5.69 Å². The molecule has 5 heteroatoms. The van der Waals surface area contributed by atoms with Crippen molar-refractivity contribution < 1.29 is 4.79 Å². The number of nitrogen functional groups attached to an aromatic ring is 1. The molecule has 0 aliphatic carbocycles. The normalized spacial score (nSPS) is 11.0. The summed E-state index contributed by atoms with van der Waals surface area (Å²) in [6, 6.07) is 5.35. The molecular weight excluding hydrogens is 262 g/mol. The van der Waals surface area contributed by atoms with Gasteiger partial charge in [-0.1, -0.05) is 23.7 Å². The summed E-state index contributed by atoms with van der Waals surface area (Å²) in [5.41, 5.74) is 8.17. The molecule has 0 saturated carbocycles. The van der Waals surface area contributed by atoms with Crippen LogP contribution in [0.5, 0.6) is 0 Å². The van der Waals surface area contributed by atoms with Crippen molar-refractivity contribution in [3.05, 3.63) is 46.2 Å². The lowest BCUT2D eigenvalue weighted by atomic mass is 10.0. The lowest BCUT2D eigenvalue weighted by Gasteiger charge is -2.12. The van der Waals surface area contributed by atoms with Gasteiger partial charge in [0.05, 0.1) is 11.2 Å². The standard InChI is InChI=1S/C14H16ClN3O/c1-8(2)18-13(11(15)7-17-18)14(19)10-5-4-6-12(16)9(10)3/h4-8H,16H2,1-3H3. The minimum absolute atomic E-state index is 0.0628. The van der Waals surface area contributed by atoms with Gasteiger partial charge in [0.1, 0.15) is 5.69 Å². The number of carbonyl (C=O) groups is 1. The molecule has 0 unspecified atom stereocenters. The summed E-state index contributed by atoms with van der Waals surface area (Å²) in [4.78, 5) is 12.6. The highest BCUT2D eigenvalue weighted by atomic mass is 35.5. The van der Waals surface area contributed by atoms with Gasteiger partial charge in [-0.3, -0.25) is 9.48 Å². The van der Waals surface area contributed by atoms with Gasteiger partial charge in [-0.05, 0) is 32.4 Å². The predicted molar refractivity (Wildman–Crippen MR) is 76.6 cm³/mol. The van der Waals surface area contributed by atoms with E-state index in [1.165, 1.54) is 6.20 Å². The molecule has 4 nitrogen and oxygen atoms in total. The molecule has 2 N–H and O–H groups in total. The van der Waals surface area contributed by atoms with E-state index in [0.29, 0.717) is 22.0 Å². The van der Waals surface area contributed by atoms with Crippen LogP contribution < -0.4 is 5.73 Å². The molecule has 0 amide bonds. The Morgan fingerprint density at radius 1 is 1.42 bits per heavy atom. The molecule has 0 aliphatic heterocycles. The van der Waals surface area contributed by atoms with Gasteiger partial charge < -0.3 is 5.73 Å². The third-order valence-electron chi connectivity index (χ3n) is 3.08. The number of aromatic nitrogens is 2. The Labute approximate surface area is 117 Å². The SMILES string of the molecule is Cc1c(N)cccc1C(=O)c1c(Cl)cnn1C(C)C. The second-order valence-corrected chi connectivity index (χ2v) is 5.14. The maximum absolute atomic E-state index is 12.6. The van der Waals surface area contributed by atoms with Gasteiger partial charge in [0.15, 0.2) is 0 Å². The molecule has 19 heavy (non-hydrogen) atoms. The lowest BCUT2D eigenvalue weighted by Crippen LogP contribution is -2.15. The van der Waals surface area contributed by atoms with Gasteiger partial charge in [0, 0.05) is 17.3 Å². The fraction of sp³-hybridized carbons (Fsp3) is 0.286. The molecular formula is C14H16ClN3O. The van der Waals surface area contributed by atoms with Gasteiger partial charge in [-0.2, -0.15) is 5.10 Å². The Morgan fingerprint density at radius 2 is 2.11 bits per heavy atom. The first-order chi connectivity index (χ1) is 8.93. The number of nitrogens with zero attached hydrogens (tertiary/aromatic N) is 2. The summed E-state index contributed by atoms with van der Waals surface area (Å²) in [6.45, 7) is 5.73. The fourth-order valence-electron chi connectivity index (χ4n) is 1.97. The van der Waals surface area contributed by atoms with E-state index in [4.69, 9.17) is 17.3 Å². The van der Waals surface area contributed by atoms with Gasteiger partial charge >= 0.3 is 0 Å². The molecule has 0 saturated heterocycles. The van der Waals surface area contributed by atoms with Gasteiger partial charge in [0.25, 0.3) is 0 Å². The minimum atomic E-state index is -0.152. The van der Waals surface area contributed by atoms with Crippen LogP contribution in [0.25, 0.3) is 0 Å². The quantitative estimate of drug-likeness (QED) is 0.692. The molecule has 1 aromatic heterocycles. The maximum atomic E-state index is 12.6. The Balaban J connectivity index is 2.56. The Morgan fingerprint density at radius 3 is 2.74 bits per heavy atom. The van der Waals surface area contributed by atoms with Crippen LogP contribution in [-0.2, 0) is 0 Å².